The van der Waals surface area contributed by atoms with Crippen molar-refractivity contribution in [3.05, 3.63) is 407 Å². The van der Waals surface area contributed by atoms with Gasteiger partial charge in [-0.15, -0.1) is 0 Å². The third-order valence-corrected chi connectivity index (χ3v) is 25.5. The summed E-state index contributed by atoms with van der Waals surface area (Å²) in [7, 11) is 0. The molecule has 12 heteroatoms. The van der Waals surface area contributed by atoms with Crippen LogP contribution in [0.15, 0.2) is 405 Å². The van der Waals surface area contributed by atoms with Gasteiger partial charge in [0.25, 0.3) is 0 Å². The Hall–Kier alpha value is -14.7. The second kappa shape index (κ2) is 34.1. The number of halogens is 2. The van der Waals surface area contributed by atoms with E-state index in [2.05, 4.69) is 355 Å². The van der Waals surface area contributed by atoms with Crippen LogP contribution in [-0.2, 0) is 4.74 Å². The van der Waals surface area contributed by atoms with Crippen molar-refractivity contribution in [1.82, 2.24) is 0 Å². The Labute approximate surface area is 749 Å². The van der Waals surface area contributed by atoms with Crippen LogP contribution in [0.2, 0.25) is 0 Å². The van der Waals surface area contributed by atoms with Gasteiger partial charge in [0.15, 0.2) is 16.7 Å². The molecule has 0 aliphatic carbocycles. The fraction of sp³-hybridized carbons (Fsp3) is 0.0783. The molecule has 6 aromatic heterocycles. The molecule has 7 heterocycles. The summed E-state index contributed by atoms with van der Waals surface area (Å²) in [6.07, 6.45) is 2.56. The van der Waals surface area contributed by atoms with Crippen molar-refractivity contribution in [2.45, 2.75) is 47.5 Å². The molecule has 0 saturated carbocycles. The number of benzene rings is 19. The Balaban J connectivity index is 0.000000114. The molecule has 25 aromatic rings. The molecule has 0 amide bonds. The van der Waals surface area contributed by atoms with E-state index in [1.54, 1.807) is 0 Å². The summed E-state index contributed by atoms with van der Waals surface area (Å²) in [6, 6.07) is 129. The minimum Gasteiger partial charge on any atom is -0.456 e. The minimum absolute atomic E-state index is 0.872. The van der Waals surface area contributed by atoms with Gasteiger partial charge >= 0.3 is 0 Å². The first kappa shape index (κ1) is 79.5. The Morgan fingerprint density at radius 3 is 0.953 bits per heavy atom. The smallest absolute Gasteiger partial charge is 0.159 e. The average molecular weight is 1780 g/mol. The second-order valence-electron chi connectivity index (χ2n) is 32.3. The fourth-order valence-corrected chi connectivity index (χ4v) is 19.0. The summed E-state index contributed by atoms with van der Waals surface area (Å²) >= 11 is 6.99. The number of ether oxygens (including phenoxy) is 1. The van der Waals surface area contributed by atoms with Gasteiger partial charge in [-0.25, -0.2) is 0 Å². The molecule has 0 radical (unpaired) electrons. The van der Waals surface area contributed by atoms with Crippen LogP contribution < -0.4 is 15.1 Å². The van der Waals surface area contributed by atoms with Crippen molar-refractivity contribution in [2.24, 2.45) is 0 Å². The van der Waals surface area contributed by atoms with Crippen LogP contribution in [0.25, 0.3) is 164 Å². The van der Waals surface area contributed by atoms with Gasteiger partial charge in [-0.3, -0.25) is 0 Å². The third-order valence-electron chi connectivity index (χ3n) is 24.2. The molecular formula is C115H85Br2N3O7. The monoisotopic (exact) mass is 1780 g/mol. The van der Waals surface area contributed by atoms with E-state index in [1.165, 1.54) is 88.6 Å². The zero-order valence-corrected chi connectivity index (χ0v) is 73.7. The molecule has 1 saturated heterocycles. The number of anilines is 8. The average Bonchev–Trinajstić information content (AvgIpc) is 1.05. The summed E-state index contributed by atoms with van der Waals surface area (Å²) in [6.45, 7) is 12.5. The molecule has 1 aliphatic heterocycles. The molecule has 19 aromatic carbocycles. The third kappa shape index (κ3) is 14.8. The second-order valence-corrected chi connectivity index (χ2v) is 34.0. The van der Waals surface area contributed by atoms with Gasteiger partial charge in [0, 0.05) is 106 Å². The quantitative estimate of drug-likeness (QED) is 0.148. The summed E-state index contributed by atoms with van der Waals surface area (Å²) in [5.41, 5.74) is 25.4. The lowest BCUT2D eigenvalue weighted by Crippen LogP contribution is -2.11. The number of hydrogen-bond donors (Lipinski definition) is 1. The number of nitrogens with zero attached hydrogens (tertiary/aromatic N) is 2. The Morgan fingerprint density at radius 1 is 0.228 bits per heavy atom. The molecule has 0 unspecified atom stereocenters. The Bertz CT molecular complexity index is 7990. The highest BCUT2D eigenvalue weighted by Crippen LogP contribution is 2.52. The minimum atomic E-state index is 0.872. The predicted molar refractivity (Wildman–Crippen MR) is 538 cm³/mol. The van der Waals surface area contributed by atoms with E-state index in [9.17, 15) is 0 Å². The van der Waals surface area contributed by atoms with Crippen molar-refractivity contribution < 1.29 is 31.2 Å². The van der Waals surface area contributed by atoms with E-state index in [0.717, 1.165) is 184 Å². The van der Waals surface area contributed by atoms with Gasteiger partial charge in [-0.05, 0) is 220 Å². The van der Waals surface area contributed by atoms with Crippen LogP contribution in [0.1, 0.15) is 40.7 Å². The van der Waals surface area contributed by atoms with Crippen molar-refractivity contribution >= 4 is 241 Å². The van der Waals surface area contributed by atoms with E-state index in [-0.39, 0.29) is 0 Å². The lowest BCUT2D eigenvalue weighted by atomic mass is 9.91. The highest BCUT2D eigenvalue weighted by Gasteiger charge is 2.27. The Morgan fingerprint density at radius 2 is 0.528 bits per heavy atom. The van der Waals surface area contributed by atoms with Crippen molar-refractivity contribution in [1.29, 1.82) is 0 Å². The zero-order chi connectivity index (χ0) is 85.8. The number of furan rings is 6. The van der Waals surface area contributed by atoms with Gasteiger partial charge in [-0.2, -0.15) is 0 Å². The first-order chi connectivity index (χ1) is 62.4. The van der Waals surface area contributed by atoms with Gasteiger partial charge in [-0.1, -0.05) is 279 Å². The standard InChI is InChI=1S/C54H36N2O2.C19H15NO.C13H9BrO.C13H10O.C12H7BrO.C4H8O/c1-33-13-9-19-39-41-21-11-23-47(53(41)57-51(33)39)55(37-15-5-3-6-16-37)45-31-27-35-26-30-44-46(32-28-36-25-29-43(45)49(35)50(36)44)56(38-17-7-4-8-18-38)48-24-12-22-42-40-20-10-14-34(2)52(40)58-54(42)48;1-13-7-5-10-15-16-11-6-12-17(19(16)21-18(13)15)20-14-8-3-2-4-9-14;1-8-4-2-5-9-10-6-3-7-11(14)13(10)15-12(8)9;1-9-5-4-7-11-10-6-2-3-8-12(10)14-13(9)11;13-10-6-3-5-9-8-4-1-2-7-11(8)14-12(9)10;1-2-4-5-3-1/h3-32H,1-2H3;2-12,20H,1H3;2-7H,1H3;2-8H,1H3;1-7H;1-4H2. The SMILES string of the molecule is Brc1cccc2c1oc1ccccc12.C1CCOC1.Cc1cccc2c1oc1c(Br)cccc12.Cc1cccc2c1oc1c(N(c3ccccc3)c3ccc4ccc5c(N(c6ccccc6)c6cccc7c6oc6c(C)cccc67)ccc6ccc3c4c65)cccc12.Cc1cccc2c1oc1c(Nc3ccccc3)cccc12.Cc1cccc2c1oc1ccccc12. The normalized spacial score (nSPS) is 12.1. The van der Waals surface area contributed by atoms with Gasteiger partial charge in [0.2, 0.25) is 0 Å². The maximum absolute atomic E-state index is 6.79. The molecule has 0 spiro atoms. The van der Waals surface area contributed by atoms with Crippen LogP contribution in [-0.4, -0.2) is 13.2 Å². The van der Waals surface area contributed by atoms with Crippen LogP contribution >= 0.6 is 31.9 Å². The molecule has 616 valence electrons. The number of fused-ring (bicyclic) bond motifs is 18. The van der Waals surface area contributed by atoms with Crippen molar-refractivity contribution in [3.8, 4) is 0 Å². The largest absolute Gasteiger partial charge is 0.456 e. The zero-order valence-electron chi connectivity index (χ0n) is 70.6. The number of nitrogens with one attached hydrogen (secondary N) is 1. The maximum atomic E-state index is 6.79. The highest BCUT2D eigenvalue weighted by molar-refractivity contribution is 9.11. The van der Waals surface area contributed by atoms with E-state index >= 15 is 0 Å². The van der Waals surface area contributed by atoms with Crippen LogP contribution in [0, 0.1) is 34.6 Å². The molecule has 127 heavy (non-hydrogen) atoms. The Kier molecular flexibility index (Phi) is 21.4. The molecule has 10 nitrogen and oxygen atoms in total. The van der Waals surface area contributed by atoms with E-state index in [0.29, 0.717) is 0 Å². The maximum Gasteiger partial charge on any atom is 0.159 e. The van der Waals surface area contributed by atoms with Gasteiger partial charge in [0.05, 0.1) is 37.4 Å². The van der Waals surface area contributed by atoms with E-state index < -0.39 is 0 Å². The van der Waals surface area contributed by atoms with Crippen molar-refractivity contribution in [2.75, 3.05) is 28.3 Å². The number of para-hydroxylation sites is 15. The summed E-state index contributed by atoms with van der Waals surface area (Å²) < 4.78 is 44.1. The molecule has 26 rings (SSSR count). The number of rotatable bonds is 8. The summed E-state index contributed by atoms with van der Waals surface area (Å²) in [5, 5.41) is 24.5. The molecule has 1 fully saturated rings. The molecule has 0 bridgehead atoms. The number of hydrogen-bond acceptors (Lipinski definition) is 10. The summed E-state index contributed by atoms with van der Waals surface area (Å²) in [5.74, 6) is 0. The van der Waals surface area contributed by atoms with E-state index in [1.807, 2.05) is 97.1 Å². The lowest BCUT2D eigenvalue weighted by Gasteiger charge is -2.29. The van der Waals surface area contributed by atoms with Crippen LogP contribution in [0.3, 0.4) is 0 Å². The van der Waals surface area contributed by atoms with Gasteiger partial charge in [0.1, 0.15) is 50.2 Å². The van der Waals surface area contributed by atoms with E-state index in [4.69, 9.17) is 31.2 Å². The first-order valence-corrected chi connectivity index (χ1v) is 44.6. The molecule has 1 N–H and O–H groups in total. The number of aryl methyl sites for hydroxylation is 5. The van der Waals surface area contributed by atoms with Gasteiger partial charge < -0.3 is 46.4 Å². The fourth-order valence-electron chi connectivity index (χ4n) is 18.1. The molecule has 1 aliphatic rings. The molecule has 0 atom stereocenters. The van der Waals surface area contributed by atoms with Crippen LogP contribution in [0.4, 0.5) is 45.5 Å². The topological polar surface area (TPSA) is 107 Å². The molecular weight excluding hydrogens is 1700 g/mol. The highest BCUT2D eigenvalue weighted by atomic mass is 79.9. The van der Waals surface area contributed by atoms with Crippen LogP contribution in [0.5, 0.6) is 0 Å². The van der Waals surface area contributed by atoms with Crippen molar-refractivity contribution in [3.63, 3.8) is 0 Å². The first-order valence-electron chi connectivity index (χ1n) is 43.0. The lowest BCUT2D eigenvalue weighted by molar-refractivity contribution is 0.198. The predicted octanol–water partition coefficient (Wildman–Crippen LogP) is 35.3. The summed E-state index contributed by atoms with van der Waals surface area (Å²) in [4.78, 5) is 4.74.